The quantitative estimate of drug-likeness (QED) is 0.172. The summed E-state index contributed by atoms with van der Waals surface area (Å²) >= 11 is 3.67. The molecule has 154 valence electrons. The molecule has 3 heterocycles. The molecule has 0 saturated heterocycles. The maximum atomic E-state index is 5.20. The topological polar surface area (TPSA) is 38.7 Å². The molecule has 0 fully saturated rings. The van der Waals surface area contributed by atoms with Crippen LogP contribution in [0.1, 0.15) is 56.6 Å². The van der Waals surface area contributed by atoms with Gasteiger partial charge in [-0.2, -0.15) is 0 Å². The van der Waals surface area contributed by atoms with E-state index in [-0.39, 0.29) is 0 Å². The second kappa shape index (κ2) is 9.03. The number of aromatic nitrogens is 3. The van der Waals surface area contributed by atoms with Gasteiger partial charge in [-0.25, -0.2) is 15.0 Å². The lowest BCUT2D eigenvalue weighted by atomic mass is 9.87. The normalized spacial score (nSPS) is 13.8. The van der Waals surface area contributed by atoms with E-state index < -0.39 is 0 Å². The zero-order valence-corrected chi connectivity index (χ0v) is 19.1. The zero-order valence-electron chi connectivity index (χ0n) is 17.5. The maximum Gasteiger partial charge on any atom is 0.127 e. The summed E-state index contributed by atoms with van der Waals surface area (Å²) in [5.74, 6) is 1.13. The van der Waals surface area contributed by atoms with Gasteiger partial charge in [-0.3, -0.25) is 0 Å². The average molecular weight is 434 g/mol. The van der Waals surface area contributed by atoms with E-state index >= 15 is 0 Å². The van der Waals surface area contributed by atoms with Gasteiger partial charge in [-0.05, 0) is 49.0 Å². The summed E-state index contributed by atoms with van der Waals surface area (Å²) in [6.07, 6.45) is 11.6. The molecular weight excluding hydrogens is 406 g/mol. The molecule has 5 rings (SSSR count). The van der Waals surface area contributed by atoms with Gasteiger partial charge in [0.15, 0.2) is 0 Å². The summed E-state index contributed by atoms with van der Waals surface area (Å²) < 4.78 is 1.22. The van der Waals surface area contributed by atoms with Crippen molar-refractivity contribution in [1.82, 2.24) is 15.0 Å². The van der Waals surface area contributed by atoms with Gasteiger partial charge in [0.2, 0.25) is 0 Å². The molecule has 1 aromatic carbocycles. The average Bonchev–Trinajstić information content (AvgIpc) is 3.18. The molecule has 0 radical (unpaired) electrons. The van der Waals surface area contributed by atoms with Gasteiger partial charge in [0.1, 0.15) is 16.2 Å². The minimum atomic E-state index is 1.12. The van der Waals surface area contributed by atoms with Crippen LogP contribution in [0, 0.1) is 0 Å². The Morgan fingerprint density at radius 2 is 1.80 bits per heavy atom. The van der Waals surface area contributed by atoms with Gasteiger partial charge >= 0.3 is 0 Å². The first-order valence-electron chi connectivity index (χ1n) is 11.1. The van der Waals surface area contributed by atoms with Gasteiger partial charge in [0.05, 0.1) is 15.9 Å². The van der Waals surface area contributed by atoms with Crippen LogP contribution < -0.4 is 0 Å². The molecule has 3 aromatic heterocycles. The summed E-state index contributed by atoms with van der Waals surface area (Å²) in [5, 5.41) is 2.42. The third-order valence-corrected chi connectivity index (χ3v) is 8.26. The lowest BCUT2D eigenvalue weighted by molar-refractivity contribution is 0.689. The van der Waals surface area contributed by atoms with Crippen molar-refractivity contribution in [1.29, 1.82) is 0 Å². The number of nitrogens with zero attached hydrogens (tertiary/aromatic N) is 3. The van der Waals surface area contributed by atoms with Crippen LogP contribution in [0.4, 0.5) is 0 Å². The zero-order chi connectivity index (χ0) is 20.3. The molecule has 0 bridgehead atoms. The molecule has 0 saturated carbocycles. The van der Waals surface area contributed by atoms with Crippen molar-refractivity contribution >= 4 is 43.5 Å². The highest BCUT2D eigenvalue weighted by Gasteiger charge is 2.23. The van der Waals surface area contributed by atoms with E-state index in [2.05, 4.69) is 42.2 Å². The number of unbranched alkanes of at least 4 members (excludes halogenated alkanes) is 3. The molecule has 0 atom stereocenters. The highest BCUT2D eigenvalue weighted by Crippen LogP contribution is 2.43. The number of fused-ring (bicyclic) bond motifs is 5. The first-order chi connectivity index (χ1) is 14.9. The fraction of sp³-hybridized carbons (Fsp3) is 0.400. The van der Waals surface area contributed by atoms with Crippen molar-refractivity contribution in [3.63, 3.8) is 0 Å². The van der Waals surface area contributed by atoms with Crippen LogP contribution in [-0.4, -0.2) is 20.7 Å². The number of thiophene rings is 1. The molecule has 5 heteroatoms. The molecule has 0 aliphatic heterocycles. The molecular formula is C25H27N3S2. The van der Waals surface area contributed by atoms with Crippen LogP contribution in [0.15, 0.2) is 41.7 Å². The van der Waals surface area contributed by atoms with Crippen molar-refractivity contribution in [2.45, 2.75) is 63.3 Å². The molecule has 1 aliphatic rings. The highest BCUT2D eigenvalue weighted by molar-refractivity contribution is 7.99. The van der Waals surface area contributed by atoms with Crippen molar-refractivity contribution in [2.75, 3.05) is 5.75 Å². The van der Waals surface area contributed by atoms with Crippen LogP contribution in [0.25, 0.3) is 31.7 Å². The van der Waals surface area contributed by atoms with Crippen molar-refractivity contribution in [3.05, 3.63) is 47.8 Å². The van der Waals surface area contributed by atoms with Crippen LogP contribution in [0.3, 0.4) is 0 Å². The summed E-state index contributed by atoms with van der Waals surface area (Å²) in [6, 6.07) is 10.7. The van der Waals surface area contributed by atoms with E-state index in [9.17, 15) is 0 Å². The number of hydrogen-bond donors (Lipinski definition) is 0. The molecule has 0 amide bonds. The number of thioether (sulfide) groups is 1. The monoisotopic (exact) mass is 433 g/mol. The van der Waals surface area contributed by atoms with Crippen LogP contribution in [0.5, 0.6) is 0 Å². The summed E-state index contributed by atoms with van der Waals surface area (Å²) in [5.41, 5.74) is 6.44. The van der Waals surface area contributed by atoms with Gasteiger partial charge in [0, 0.05) is 10.9 Å². The molecule has 4 aromatic rings. The Morgan fingerprint density at radius 3 is 2.63 bits per heavy atom. The number of hydrogen-bond acceptors (Lipinski definition) is 5. The lowest BCUT2D eigenvalue weighted by Gasteiger charge is -2.20. The molecule has 3 nitrogen and oxygen atoms in total. The fourth-order valence-corrected chi connectivity index (χ4v) is 6.71. The standard InChI is InChI=1S/C25H27N3S2/c1-2-3-4-10-15-29-25-23-22(26-16-27-25)20-18-13-8-9-14-19(18)21(28-24(20)30-23)17-11-6-5-7-12-17/h5-7,11-12,16H,2-4,8-10,13-15H2,1H3. The lowest BCUT2D eigenvalue weighted by Crippen LogP contribution is -2.07. The number of aryl methyl sites for hydroxylation is 1. The summed E-state index contributed by atoms with van der Waals surface area (Å²) in [7, 11) is 0. The number of rotatable bonds is 7. The maximum absolute atomic E-state index is 5.20. The van der Waals surface area contributed by atoms with E-state index in [0.717, 1.165) is 34.0 Å². The van der Waals surface area contributed by atoms with Crippen LogP contribution >= 0.6 is 23.1 Å². The minimum absolute atomic E-state index is 1.12. The summed E-state index contributed by atoms with van der Waals surface area (Å²) in [6.45, 7) is 2.26. The first-order valence-corrected chi connectivity index (χ1v) is 12.9. The van der Waals surface area contributed by atoms with Crippen LogP contribution in [0.2, 0.25) is 0 Å². The molecule has 0 spiro atoms. The van der Waals surface area contributed by atoms with Gasteiger partial charge in [0.25, 0.3) is 0 Å². The Bertz CT molecular complexity index is 1170. The molecule has 1 aliphatic carbocycles. The Kier molecular flexibility index (Phi) is 6.00. The predicted molar refractivity (Wildman–Crippen MR) is 130 cm³/mol. The highest BCUT2D eigenvalue weighted by atomic mass is 32.2. The smallest absolute Gasteiger partial charge is 0.127 e. The fourth-order valence-electron chi connectivity index (χ4n) is 4.47. The minimum Gasteiger partial charge on any atom is -0.236 e. The number of pyridine rings is 1. The largest absolute Gasteiger partial charge is 0.236 e. The van der Waals surface area contributed by atoms with E-state index in [1.165, 1.54) is 71.0 Å². The molecule has 0 unspecified atom stereocenters. The Balaban J connectivity index is 1.62. The third kappa shape index (κ3) is 3.74. The van der Waals surface area contributed by atoms with Gasteiger partial charge in [-0.15, -0.1) is 23.1 Å². The van der Waals surface area contributed by atoms with Crippen molar-refractivity contribution < 1.29 is 0 Å². The van der Waals surface area contributed by atoms with Crippen molar-refractivity contribution in [3.8, 4) is 11.3 Å². The van der Waals surface area contributed by atoms with E-state index in [4.69, 9.17) is 9.97 Å². The third-order valence-electron chi connectivity index (χ3n) is 5.97. The SMILES string of the molecule is CCCCCCSc1ncnc2c1sc1nc(-c3ccccc3)c3c(c12)CCCC3. The van der Waals surface area contributed by atoms with Gasteiger partial charge in [-0.1, -0.05) is 56.5 Å². The molecule has 30 heavy (non-hydrogen) atoms. The summed E-state index contributed by atoms with van der Waals surface area (Å²) in [4.78, 5) is 15.7. The number of benzene rings is 1. The van der Waals surface area contributed by atoms with Crippen molar-refractivity contribution in [2.24, 2.45) is 0 Å². The van der Waals surface area contributed by atoms with E-state index in [1.807, 2.05) is 11.8 Å². The Morgan fingerprint density at radius 1 is 0.967 bits per heavy atom. The predicted octanol–water partition coefficient (Wildman–Crippen LogP) is 7.46. The second-order valence-electron chi connectivity index (χ2n) is 8.04. The first kappa shape index (κ1) is 20.0. The van der Waals surface area contributed by atoms with Crippen LogP contribution in [-0.2, 0) is 12.8 Å². The Labute approximate surface area is 186 Å². The Hall–Kier alpha value is -1.98. The van der Waals surface area contributed by atoms with E-state index in [0.29, 0.717) is 0 Å². The second-order valence-corrected chi connectivity index (χ2v) is 10.1. The van der Waals surface area contributed by atoms with E-state index in [1.54, 1.807) is 17.7 Å². The van der Waals surface area contributed by atoms with Gasteiger partial charge < -0.3 is 0 Å². The molecule has 0 N–H and O–H groups in total.